The van der Waals surface area contributed by atoms with Crippen molar-refractivity contribution in [2.24, 2.45) is 0 Å². The third-order valence-corrected chi connectivity index (χ3v) is 5.48. The highest BCUT2D eigenvalue weighted by Crippen LogP contribution is 2.39. The Morgan fingerprint density at radius 1 is 1.15 bits per heavy atom. The molecule has 2 aromatic carbocycles. The van der Waals surface area contributed by atoms with Gasteiger partial charge in [0.1, 0.15) is 11.5 Å². The van der Waals surface area contributed by atoms with Gasteiger partial charge in [0, 0.05) is 21.0 Å². The molecule has 4 nitrogen and oxygen atoms in total. The number of rotatable bonds is 3. The Hall–Kier alpha value is -2.70. The largest absolute Gasteiger partial charge is 0.452 e. The second-order valence-electron chi connectivity index (χ2n) is 5.92. The van der Waals surface area contributed by atoms with Crippen LogP contribution in [0.5, 0.6) is 11.5 Å². The first-order valence-corrected chi connectivity index (χ1v) is 9.79. The lowest BCUT2D eigenvalue weighted by Gasteiger charge is -2.10. The molecule has 0 atom stereocenters. The summed E-state index contributed by atoms with van der Waals surface area (Å²) in [5, 5.41) is 1.93. The summed E-state index contributed by atoms with van der Waals surface area (Å²) in [4.78, 5) is 25.9. The van der Waals surface area contributed by atoms with Gasteiger partial charge in [-0.15, -0.1) is 11.3 Å². The second kappa shape index (κ2) is 7.13. The number of hydrogen-bond acceptors (Lipinski definition) is 5. The summed E-state index contributed by atoms with van der Waals surface area (Å²) in [7, 11) is 0. The Morgan fingerprint density at radius 2 is 1.93 bits per heavy atom. The third kappa shape index (κ3) is 3.46. The van der Waals surface area contributed by atoms with E-state index in [1.165, 1.54) is 11.3 Å². The minimum absolute atomic E-state index is 0.174. The summed E-state index contributed by atoms with van der Waals surface area (Å²) in [6.45, 7) is 1.77. The van der Waals surface area contributed by atoms with Crippen molar-refractivity contribution in [3.63, 3.8) is 0 Å². The van der Waals surface area contributed by atoms with E-state index in [1.807, 2.05) is 17.5 Å². The van der Waals surface area contributed by atoms with E-state index in [2.05, 4.69) is 15.9 Å². The van der Waals surface area contributed by atoms with Crippen LogP contribution in [0.1, 0.15) is 31.2 Å². The van der Waals surface area contributed by atoms with E-state index in [0.717, 1.165) is 9.35 Å². The van der Waals surface area contributed by atoms with Gasteiger partial charge in [-0.3, -0.25) is 4.79 Å². The fourth-order valence-corrected chi connectivity index (χ4v) is 3.64. The van der Waals surface area contributed by atoms with Crippen molar-refractivity contribution in [1.82, 2.24) is 0 Å². The van der Waals surface area contributed by atoms with Gasteiger partial charge < -0.3 is 9.47 Å². The lowest BCUT2D eigenvalue weighted by atomic mass is 10.1. The van der Waals surface area contributed by atoms with E-state index in [-0.39, 0.29) is 11.5 Å². The zero-order valence-electron chi connectivity index (χ0n) is 14.2. The van der Waals surface area contributed by atoms with Crippen LogP contribution in [0.25, 0.3) is 6.08 Å². The number of ether oxygens (including phenoxy) is 2. The molecule has 0 radical (unpaired) electrons. The van der Waals surface area contributed by atoms with Crippen LogP contribution in [0.4, 0.5) is 0 Å². The van der Waals surface area contributed by atoms with Crippen LogP contribution in [0.15, 0.2) is 64.1 Å². The number of allylic oxidation sites excluding steroid dienone is 1. The van der Waals surface area contributed by atoms with Crippen LogP contribution >= 0.6 is 27.3 Å². The van der Waals surface area contributed by atoms with Crippen molar-refractivity contribution in [2.75, 3.05) is 0 Å². The maximum Gasteiger partial charge on any atom is 0.343 e. The highest BCUT2D eigenvalue weighted by Gasteiger charge is 2.30. The van der Waals surface area contributed by atoms with Crippen molar-refractivity contribution in [2.45, 2.75) is 6.92 Å². The number of carbonyl (C=O) groups is 2. The molecule has 134 valence electrons. The summed E-state index contributed by atoms with van der Waals surface area (Å²) < 4.78 is 12.2. The van der Waals surface area contributed by atoms with Crippen LogP contribution < -0.4 is 9.47 Å². The summed E-state index contributed by atoms with van der Waals surface area (Å²) >= 11 is 4.86. The van der Waals surface area contributed by atoms with Crippen molar-refractivity contribution >= 4 is 45.1 Å². The summed E-state index contributed by atoms with van der Waals surface area (Å²) in [5.41, 5.74) is 1.52. The van der Waals surface area contributed by atoms with Gasteiger partial charge in [0.2, 0.25) is 5.78 Å². The Morgan fingerprint density at radius 3 is 2.63 bits per heavy atom. The molecular formula is C21H13BrO4S. The molecule has 0 N–H and O–H groups in total. The van der Waals surface area contributed by atoms with Gasteiger partial charge in [-0.2, -0.15) is 0 Å². The normalized spacial score (nSPS) is 14.1. The van der Waals surface area contributed by atoms with E-state index in [0.29, 0.717) is 28.2 Å². The molecule has 0 saturated carbocycles. The fourth-order valence-electron chi connectivity index (χ4n) is 2.73. The SMILES string of the molecule is Cc1c(OC(=O)c2ccc(Br)cc2)ccc2c1O/C(=C\c1cccs1)C2=O. The van der Waals surface area contributed by atoms with Crippen LogP contribution in [0.3, 0.4) is 0 Å². The van der Waals surface area contributed by atoms with Crippen molar-refractivity contribution in [3.8, 4) is 11.5 Å². The molecule has 0 bridgehead atoms. The third-order valence-electron chi connectivity index (χ3n) is 4.14. The minimum atomic E-state index is -0.468. The maximum atomic E-state index is 12.6. The first-order chi connectivity index (χ1) is 13.0. The zero-order chi connectivity index (χ0) is 19.0. The molecule has 6 heteroatoms. The Bertz CT molecular complexity index is 1070. The molecule has 27 heavy (non-hydrogen) atoms. The molecule has 1 aliphatic rings. The lowest BCUT2D eigenvalue weighted by molar-refractivity contribution is 0.0733. The van der Waals surface area contributed by atoms with Crippen LogP contribution in [-0.2, 0) is 0 Å². The van der Waals surface area contributed by atoms with Gasteiger partial charge in [0.05, 0.1) is 11.1 Å². The Kier molecular flexibility index (Phi) is 4.68. The quantitative estimate of drug-likeness (QED) is 0.299. The fraction of sp³-hybridized carbons (Fsp3) is 0.0476. The van der Waals surface area contributed by atoms with Gasteiger partial charge in [-0.25, -0.2) is 4.79 Å². The van der Waals surface area contributed by atoms with Gasteiger partial charge in [0.25, 0.3) is 0 Å². The van der Waals surface area contributed by atoms with Gasteiger partial charge in [-0.05, 0) is 54.8 Å². The number of Topliss-reactive ketones (excluding diaryl/α,β-unsaturated/α-hetero) is 1. The van der Waals surface area contributed by atoms with E-state index in [4.69, 9.17) is 9.47 Å². The summed E-state index contributed by atoms with van der Waals surface area (Å²) in [5.74, 6) is 0.430. The van der Waals surface area contributed by atoms with E-state index in [1.54, 1.807) is 49.4 Å². The van der Waals surface area contributed by atoms with E-state index < -0.39 is 5.97 Å². The maximum absolute atomic E-state index is 12.6. The lowest BCUT2D eigenvalue weighted by Crippen LogP contribution is -2.09. The number of hydrogen-bond donors (Lipinski definition) is 0. The molecule has 4 rings (SSSR count). The predicted octanol–water partition coefficient (Wildman–Crippen LogP) is 5.65. The van der Waals surface area contributed by atoms with Crippen LogP contribution in [-0.4, -0.2) is 11.8 Å². The van der Waals surface area contributed by atoms with Crippen molar-refractivity contribution < 1.29 is 19.1 Å². The average molecular weight is 441 g/mol. The molecule has 0 saturated heterocycles. The number of benzene rings is 2. The smallest absolute Gasteiger partial charge is 0.343 e. The Labute approximate surface area is 168 Å². The number of fused-ring (bicyclic) bond motifs is 1. The first kappa shape index (κ1) is 17.7. The van der Waals surface area contributed by atoms with E-state index in [9.17, 15) is 9.59 Å². The van der Waals surface area contributed by atoms with Crippen molar-refractivity contribution in [1.29, 1.82) is 0 Å². The molecular weight excluding hydrogens is 428 g/mol. The van der Waals surface area contributed by atoms with Crippen molar-refractivity contribution in [3.05, 3.63) is 85.7 Å². The standard InChI is InChI=1S/C21H13BrO4S/c1-12-17(26-21(24)13-4-6-14(22)7-5-13)9-8-16-19(23)18(25-20(12)16)11-15-3-2-10-27-15/h2-11H,1H3/b18-11-. The minimum Gasteiger partial charge on any atom is -0.452 e. The average Bonchev–Trinajstić information content (AvgIpc) is 3.28. The molecule has 0 aliphatic carbocycles. The topological polar surface area (TPSA) is 52.6 Å². The number of thiophene rings is 1. The zero-order valence-corrected chi connectivity index (χ0v) is 16.6. The van der Waals surface area contributed by atoms with Crippen LogP contribution in [0, 0.1) is 6.92 Å². The number of esters is 1. The predicted molar refractivity (Wildman–Crippen MR) is 108 cm³/mol. The monoisotopic (exact) mass is 440 g/mol. The molecule has 2 heterocycles. The molecule has 0 unspecified atom stereocenters. The second-order valence-corrected chi connectivity index (χ2v) is 7.81. The first-order valence-electron chi connectivity index (χ1n) is 8.12. The number of ketones is 1. The molecule has 3 aromatic rings. The van der Waals surface area contributed by atoms with Gasteiger partial charge in [0.15, 0.2) is 5.76 Å². The highest BCUT2D eigenvalue weighted by atomic mass is 79.9. The number of halogens is 1. The van der Waals surface area contributed by atoms with Crippen LogP contribution in [0.2, 0.25) is 0 Å². The van der Waals surface area contributed by atoms with E-state index >= 15 is 0 Å². The molecule has 0 fully saturated rings. The molecule has 0 spiro atoms. The molecule has 1 aromatic heterocycles. The van der Waals surface area contributed by atoms with Gasteiger partial charge >= 0.3 is 5.97 Å². The Balaban J connectivity index is 1.61. The molecule has 1 aliphatic heterocycles. The summed E-state index contributed by atoms with van der Waals surface area (Å²) in [6.07, 6.45) is 1.72. The highest BCUT2D eigenvalue weighted by molar-refractivity contribution is 9.10. The van der Waals surface area contributed by atoms with Gasteiger partial charge in [-0.1, -0.05) is 22.0 Å². The molecule has 0 amide bonds. The number of carbonyl (C=O) groups excluding carboxylic acids is 2. The summed E-state index contributed by atoms with van der Waals surface area (Å²) in [6, 6.07) is 14.0.